The molecule has 0 aliphatic carbocycles. The zero-order valence-corrected chi connectivity index (χ0v) is 7.32. The molecule has 0 unspecified atom stereocenters. The summed E-state index contributed by atoms with van der Waals surface area (Å²) in [5.41, 5.74) is 0.766. The highest BCUT2D eigenvalue weighted by Gasteiger charge is 2.14. The largest absolute Gasteiger partial charge is 0.478 e. The second-order valence-electron chi connectivity index (χ2n) is 2.65. The van der Waals surface area contributed by atoms with Gasteiger partial charge in [0.25, 0.3) is 0 Å². The summed E-state index contributed by atoms with van der Waals surface area (Å²) in [5, 5.41) is 9.12. The number of rotatable bonds is 1. The minimum Gasteiger partial charge on any atom is -0.478 e. The average molecular weight is 196 g/mol. The van der Waals surface area contributed by atoms with Gasteiger partial charge in [-0.25, -0.2) is 4.79 Å². The lowest BCUT2D eigenvalue weighted by atomic mass is 10.2. The van der Waals surface area contributed by atoms with Crippen LogP contribution in [0.1, 0.15) is 10.4 Å². The lowest BCUT2D eigenvalue weighted by Gasteiger charge is -1.93. The van der Waals surface area contributed by atoms with Crippen LogP contribution in [0.2, 0.25) is 5.02 Å². The Morgan fingerprint density at radius 3 is 2.92 bits per heavy atom. The molecule has 0 atom stereocenters. The summed E-state index contributed by atoms with van der Waals surface area (Å²) in [6.45, 7) is 0. The zero-order chi connectivity index (χ0) is 9.42. The fourth-order valence-electron chi connectivity index (χ4n) is 1.30. The summed E-state index contributed by atoms with van der Waals surface area (Å²) in [4.78, 5) is 10.8. The first-order valence-corrected chi connectivity index (χ1v) is 4.06. The van der Waals surface area contributed by atoms with Gasteiger partial charge < -0.3 is 9.51 Å². The Morgan fingerprint density at radius 1 is 1.46 bits per heavy atom. The monoisotopic (exact) mass is 195 g/mol. The van der Waals surface area contributed by atoms with Crippen LogP contribution in [0.4, 0.5) is 0 Å². The Kier molecular flexibility index (Phi) is 1.74. The molecule has 0 saturated carbocycles. The maximum absolute atomic E-state index is 10.8. The van der Waals surface area contributed by atoms with Crippen molar-refractivity contribution in [1.29, 1.82) is 0 Å². The maximum Gasteiger partial charge on any atom is 0.339 e. The summed E-state index contributed by atoms with van der Waals surface area (Å²) < 4.78 is 1.69. The van der Waals surface area contributed by atoms with Gasteiger partial charge >= 0.3 is 5.97 Å². The van der Waals surface area contributed by atoms with E-state index in [4.69, 9.17) is 16.7 Å². The van der Waals surface area contributed by atoms with Gasteiger partial charge in [-0.2, -0.15) is 0 Å². The molecule has 1 N–H and O–H groups in total. The van der Waals surface area contributed by atoms with Crippen LogP contribution < -0.4 is 0 Å². The number of carboxylic acids is 1. The van der Waals surface area contributed by atoms with Gasteiger partial charge in [-0.05, 0) is 12.1 Å². The fraction of sp³-hybridized carbons (Fsp3) is 0. The first-order valence-electron chi connectivity index (χ1n) is 3.68. The molecule has 0 aromatic carbocycles. The van der Waals surface area contributed by atoms with Gasteiger partial charge in [0, 0.05) is 12.4 Å². The van der Waals surface area contributed by atoms with Crippen molar-refractivity contribution in [3.8, 4) is 0 Å². The number of halogens is 1. The van der Waals surface area contributed by atoms with E-state index in [1.165, 1.54) is 0 Å². The highest BCUT2D eigenvalue weighted by atomic mass is 35.5. The van der Waals surface area contributed by atoms with Gasteiger partial charge in [-0.1, -0.05) is 17.7 Å². The van der Waals surface area contributed by atoms with E-state index in [0.29, 0.717) is 5.52 Å². The van der Waals surface area contributed by atoms with E-state index in [9.17, 15) is 4.79 Å². The zero-order valence-electron chi connectivity index (χ0n) is 6.57. The molecule has 2 rings (SSSR count). The van der Waals surface area contributed by atoms with Gasteiger partial charge in [-0.15, -0.1) is 0 Å². The second-order valence-corrected chi connectivity index (χ2v) is 3.06. The van der Waals surface area contributed by atoms with E-state index >= 15 is 0 Å². The Bertz CT molecular complexity index is 475. The molecule has 0 spiro atoms. The highest BCUT2D eigenvalue weighted by molar-refractivity contribution is 6.34. The summed E-state index contributed by atoms with van der Waals surface area (Å²) in [6, 6.07) is 5.31. The third-order valence-corrected chi connectivity index (χ3v) is 2.14. The van der Waals surface area contributed by atoms with Gasteiger partial charge in [0.1, 0.15) is 5.56 Å². The molecule has 0 saturated heterocycles. The minimum atomic E-state index is -1.00. The molecule has 13 heavy (non-hydrogen) atoms. The summed E-state index contributed by atoms with van der Waals surface area (Å²) in [6.07, 6.45) is 3.34. The number of hydrogen-bond acceptors (Lipinski definition) is 1. The topological polar surface area (TPSA) is 41.7 Å². The third-order valence-electron chi connectivity index (χ3n) is 1.85. The predicted octanol–water partition coefficient (Wildman–Crippen LogP) is 2.29. The van der Waals surface area contributed by atoms with Crippen LogP contribution in [0.3, 0.4) is 0 Å². The van der Waals surface area contributed by atoms with Crippen molar-refractivity contribution in [3.05, 3.63) is 41.2 Å². The smallest absolute Gasteiger partial charge is 0.339 e. The van der Waals surface area contributed by atoms with Crippen LogP contribution in [0.5, 0.6) is 0 Å². The first kappa shape index (κ1) is 8.13. The van der Waals surface area contributed by atoms with E-state index in [0.717, 1.165) is 0 Å². The van der Waals surface area contributed by atoms with E-state index < -0.39 is 5.97 Å². The Hall–Kier alpha value is -1.48. The molecule has 2 aromatic heterocycles. The molecule has 2 heterocycles. The fourth-order valence-corrected chi connectivity index (χ4v) is 1.58. The molecule has 0 amide bonds. The highest BCUT2D eigenvalue weighted by Crippen LogP contribution is 2.22. The Labute approximate surface area is 79.2 Å². The summed E-state index contributed by atoms with van der Waals surface area (Å²) >= 11 is 5.76. The normalized spacial score (nSPS) is 10.5. The molecule has 4 heteroatoms. The molecular weight excluding hydrogens is 190 g/mol. The van der Waals surface area contributed by atoms with Crippen molar-refractivity contribution in [2.45, 2.75) is 0 Å². The lowest BCUT2D eigenvalue weighted by Crippen LogP contribution is -1.95. The number of aromatic carboxylic acids is 1. The van der Waals surface area contributed by atoms with Crippen LogP contribution in [0.15, 0.2) is 30.6 Å². The Morgan fingerprint density at radius 2 is 2.23 bits per heavy atom. The number of hydrogen-bond donors (Lipinski definition) is 1. The van der Waals surface area contributed by atoms with Crippen molar-refractivity contribution in [2.24, 2.45) is 0 Å². The van der Waals surface area contributed by atoms with E-state index in [-0.39, 0.29) is 10.6 Å². The molecule has 0 radical (unpaired) electrons. The average Bonchev–Trinajstić information content (AvgIpc) is 2.39. The lowest BCUT2D eigenvalue weighted by molar-refractivity contribution is 0.0699. The van der Waals surface area contributed by atoms with Gasteiger partial charge in [0.2, 0.25) is 0 Å². The van der Waals surface area contributed by atoms with Crippen LogP contribution in [0, 0.1) is 0 Å². The van der Waals surface area contributed by atoms with Crippen LogP contribution in [-0.2, 0) is 0 Å². The number of pyridine rings is 1. The van der Waals surface area contributed by atoms with Crippen molar-refractivity contribution in [3.63, 3.8) is 0 Å². The molecule has 66 valence electrons. The van der Waals surface area contributed by atoms with Crippen molar-refractivity contribution >= 4 is 23.1 Å². The molecule has 0 aliphatic rings. The summed E-state index contributed by atoms with van der Waals surface area (Å²) in [5.74, 6) is -1.00. The number of fused-ring (bicyclic) bond motifs is 1. The molecular formula is C9H6ClNO2. The van der Waals surface area contributed by atoms with Crippen LogP contribution in [0.25, 0.3) is 5.52 Å². The number of nitrogens with zero attached hydrogens (tertiary/aromatic N) is 1. The van der Waals surface area contributed by atoms with Gasteiger partial charge in [-0.3, -0.25) is 0 Å². The number of aromatic nitrogens is 1. The first-order chi connectivity index (χ1) is 6.20. The molecule has 2 aromatic rings. The predicted molar refractivity (Wildman–Crippen MR) is 49.4 cm³/mol. The Balaban J connectivity index is 2.86. The molecule has 0 bridgehead atoms. The van der Waals surface area contributed by atoms with E-state index in [2.05, 4.69) is 0 Å². The SMILES string of the molecule is O=C(O)c1c(Cl)cn2ccccc12. The number of carbonyl (C=O) groups is 1. The van der Waals surface area contributed by atoms with Crippen molar-refractivity contribution < 1.29 is 9.90 Å². The van der Waals surface area contributed by atoms with Crippen LogP contribution in [-0.4, -0.2) is 15.5 Å². The van der Waals surface area contributed by atoms with Crippen molar-refractivity contribution in [2.75, 3.05) is 0 Å². The second kappa shape index (κ2) is 2.78. The molecule has 0 fully saturated rings. The minimum absolute atomic E-state index is 0.155. The van der Waals surface area contributed by atoms with Crippen molar-refractivity contribution in [1.82, 2.24) is 4.40 Å². The maximum atomic E-state index is 10.8. The third kappa shape index (κ3) is 1.17. The molecule has 3 nitrogen and oxygen atoms in total. The van der Waals surface area contributed by atoms with Gasteiger partial charge in [0.15, 0.2) is 0 Å². The van der Waals surface area contributed by atoms with Gasteiger partial charge in [0.05, 0.1) is 10.5 Å². The standard InChI is InChI=1S/C9H6ClNO2/c10-6-5-11-4-2-1-3-7(11)8(6)9(12)13/h1-5H,(H,12,13). The summed E-state index contributed by atoms with van der Waals surface area (Å²) in [7, 11) is 0. The van der Waals surface area contributed by atoms with E-state index in [1.54, 1.807) is 28.9 Å². The molecule has 0 aliphatic heterocycles. The van der Waals surface area contributed by atoms with E-state index in [1.807, 2.05) is 6.07 Å². The van der Waals surface area contributed by atoms with Crippen LogP contribution >= 0.6 is 11.6 Å². The quantitative estimate of drug-likeness (QED) is 0.759. The number of carboxylic acid groups (broad SMARTS) is 1.